The molecule has 94 heavy (non-hydrogen) atoms. The summed E-state index contributed by atoms with van der Waals surface area (Å²) in [6, 6.07) is 0. The lowest BCUT2D eigenvalue weighted by Crippen LogP contribution is -2.30. The Hall–Kier alpha value is -4.28. The average Bonchev–Trinajstić information content (AvgIpc) is 1.24. The van der Waals surface area contributed by atoms with Gasteiger partial charge in [0.25, 0.3) is 0 Å². The second-order valence-electron chi connectivity index (χ2n) is 23.8. The fourth-order valence-corrected chi connectivity index (χ4v) is 10.9. The molecule has 0 aliphatic heterocycles. The predicted octanol–water partition coefficient (Wildman–Crippen LogP) is 20.2. The van der Waals surface area contributed by atoms with E-state index in [1.165, 1.54) is 51.4 Å². The topological polar surface area (TPSA) is 237 Å². The number of aliphatic hydroxyl groups is 1. The van der Waals surface area contributed by atoms with Crippen molar-refractivity contribution in [1.29, 1.82) is 0 Å². The molecular formula is C75H128O17P2. The summed E-state index contributed by atoms with van der Waals surface area (Å²) in [4.78, 5) is 72.5. The van der Waals surface area contributed by atoms with Gasteiger partial charge in [-0.25, -0.2) is 9.13 Å². The van der Waals surface area contributed by atoms with Crippen LogP contribution in [-0.4, -0.2) is 96.7 Å². The summed E-state index contributed by atoms with van der Waals surface area (Å²) in [6.45, 7) is 4.45. The molecule has 5 unspecified atom stereocenters. The molecule has 0 aromatic heterocycles. The SMILES string of the molecule is CC/C=C\C/C=C\C/C=C\C/C=C\C/C=C\CC(=O)OCC(COP(=O)(O)OCC(O)COP(=O)(O)OCC(COC(=O)CCCCCCCCC/C=C\C/C=C\C/C=C\CC)OC(=O)CCCCCCCCCCCCC)OC(=O)CCCCCCC/C=C\CCCC. The fraction of sp³-hybridized carbons (Fsp3) is 0.707. The summed E-state index contributed by atoms with van der Waals surface area (Å²) < 4.78 is 68.1. The van der Waals surface area contributed by atoms with Crippen molar-refractivity contribution >= 4 is 39.5 Å². The first-order chi connectivity index (χ1) is 45.7. The average molecular weight is 1360 g/mol. The molecule has 540 valence electrons. The summed E-state index contributed by atoms with van der Waals surface area (Å²) in [5.74, 6) is -2.34. The van der Waals surface area contributed by atoms with Gasteiger partial charge in [0.1, 0.15) is 19.3 Å². The lowest BCUT2D eigenvalue weighted by molar-refractivity contribution is -0.161. The predicted molar refractivity (Wildman–Crippen MR) is 381 cm³/mol. The number of hydrogen-bond acceptors (Lipinski definition) is 15. The first-order valence-corrected chi connectivity index (χ1v) is 39.1. The Bertz CT molecular complexity index is 2220. The first kappa shape index (κ1) is 89.7. The highest BCUT2D eigenvalue weighted by Gasteiger charge is 2.30. The third-order valence-corrected chi connectivity index (χ3v) is 16.7. The highest BCUT2D eigenvalue weighted by molar-refractivity contribution is 7.47. The zero-order chi connectivity index (χ0) is 69.0. The number of phosphoric acid groups is 2. The van der Waals surface area contributed by atoms with E-state index in [1.807, 2.05) is 18.2 Å². The Morgan fingerprint density at radius 2 is 0.606 bits per heavy atom. The van der Waals surface area contributed by atoms with Crippen LogP contribution in [0.5, 0.6) is 0 Å². The Balaban J connectivity index is 5.35. The highest BCUT2D eigenvalue weighted by atomic mass is 31.2. The van der Waals surface area contributed by atoms with Crippen molar-refractivity contribution in [3.63, 3.8) is 0 Å². The van der Waals surface area contributed by atoms with Gasteiger partial charge >= 0.3 is 39.5 Å². The van der Waals surface area contributed by atoms with Crippen LogP contribution in [0.4, 0.5) is 0 Å². The van der Waals surface area contributed by atoms with Gasteiger partial charge in [-0.1, -0.05) is 265 Å². The molecule has 0 bridgehead atoms. The number of carbonyl (C=O) groups excluding carboxylic acids is 4. The molecule has 0 heterocycles. The van der Waals surface area contributed by atoms with Crippen LogP contribution in [0.2, 0.25) is 0 Å². The molecular weight excluding hydrogens is 1230 g/mol. The van der Waals surface area contributed by atoms with Crippen molar-refractivity contribution < 1.29 is 80.2 Å². The van der Waals surface area contributed by atoms with Crippen LogP contribution in [0.1, 0.15) is 285 Å². The van der Waals surface area contributed by atoms with Gasteiger partial charge in [0, 0.05) is 19.3 Å². The molecule has 0 fully saturated rings. The molecule has 0 aliphatic carbocycles. The minimum atomic E-state index is -4.99. The van der Waals surface area contributed by atoms with Gasteiger partial charge in [0.2, 0.25) is 0 Å². The van der Waals surface area contributed by atoms with Gasteiger partial charge < -0.3 is 33.8 Å². The summed E-state index contributed by atoms with van der Waals surface area (Å²) in [7, 11) is -9.96. The van der Waals surface area contributed by atoms with E-state index in [0.29, 0.717) is 25.7 Å². The summed E-state index contributed by atoms with van der Waals surface area (Å²) >= 11 is 0. The standard InChI is InChI=1S/C75H128O17P2/c1-5-9-13-17-21-25-29-31-33-34-36-38-42-44-48-52-56-60-73(78)86-66-71(92-75(80)62-58-54-50-46-40-28-24-20-16-12-8-4)68-90-94(83,84)88-64-69(76)63-87-93(81,82)89-67-70(91-74(79)61-57-53-49-45-39-27-23-19-15-11-7-3)65-85-72(77)59-55-51-47-43-41-37-35-32-30-26-22-18-14-10-6-2/h9-10,13-14,19,21-23,25-26,31-33,35,41,43,51,55,69-71,76H,5-8,11-12,15-18,20,24,27-30,34,36-40,42,44-50,52-54,56-68H2,1-4H3,(H,81,82)(H,83,84)/b13-9-,14-10-,23-19-,25-21-,26-22-,33-31-,35-32-,43-41-,55-51-. The molecule has 0 rings (SSSR count). The van der Waals surface area contributed by atoms with E-state index in [9.17, 15) is 43.2 Å². The minimum Gasteiger partial charge on any atom is -0.462 e. The number of esters is 4. The van der Waals surface area contributed by atoms with E-state index >= 15 is 0 Å². The third kappa shape index (κ3) is 66.3. The molecule has 0 aromatic carbocycles. The number of allylic oxidation sites excluding steroid dienone is 17. The number of aliphatic hydroxyl groups excluding tert-OH is 1. The van der Waals surface area contributed by atoms with Crippen molar-refractivity contribution in [2.24, 2.45) is 0 Å². The number of unbranched alkanes of at least 4 members (excludes halogenated alkanes) is 24. The van der Waals surface area contributed by atoms with Gasteiger partial charge in [0.05, 0.1) is 32.8 Å². The highest BCUT2D eigenvalue weighted by Crippen LogP contribution is 2.45. The van der Waals surface area contributed by atoms with E-state index in [-0.39, 0.29) is 25.7 Å². The van der Waals surface area contributed by atoms with Crippen LogP contribution in [0, 0.1) is 0 Å². The van der Waals surface area contributed by atoms with Crippen LogP contribution >= 0.6 is 15.6 Å². The number of phosphoric ester groups is 2. The molecule has 0 aliphatic rings. The molecule has 5 atom stereocenters. The summed E-state index contributed by atoms with van der Waals surface area (Å²) in [5.41, 5.74) is 0. The normalized spacial score (nSPS) is 14.7. The number of hydrogen-bond donors (Lipinski definition) is 3. The van der Waals surface area contributed by atoms with E-state index in [4.69, 9.17) is 37.0 Å². The first-order valence-electron chi connectivity index (χ1n) is 36.1. The quantitative estimate of drug-likeness (QED) is 0.0169. The molecule has 0 radical (unpaired) electrons. The maximum atomic E-state index is 13.0. The maximum Gasteiger partial charge on any atom is 0.472 e. The van der Waals surface area contributed by atoms with Gasteiger partial charge in [-0.3, -0.25) is 37.3 Å². The molecule has 0 amide bonds. The zero-order valence-corrected chi connectivity index (χ0v) is 60.4. The van der Waals surface area contributed by atoms with E-state index in [0.717, 1.165) is 154 Å². The van der Waals surface area contributed by atoms with Crippen molar-refractivity contribution in [3.05, 3.63) is 109 Å². The van der Waals surface area contributed by atoms with Crippen molar-refractivity contribution in [1.82, 2.24) is 0 Å². The van der Waals surface area contributed by atoms with Crippen LogP contribution in [0.25, 0.3) is 0 Å². The molecule has 0 spiro atoms. The van der Waals surface area contributed by atoms with Crippen LogP contribution < -0.4 is 0 Å². The second-order valence-corrected chi connectivity index (χ2v) is 26.7. The van der Waals surface area contributed by atoms with E-state index in [2.05, 4.69) is 113 Å². The Morgan fingerprint density at radius 1 is 0.319 bits per heavy atom. The molecule has 3 N–H and O–H groups in total. The van der Waals surface area contributed by atoms with Crippen LogP contribution in [0.3, 0.4) is 0 Å². The van der Waals surface area contributed by atoms with Gasteiger partial charge in [-0.15, -0.1) is 0 Å². The van der Waals surface area contributed by atoms with E-state index < -0.39 is 97.5 Å². The largest absolute Gasteiger partial charge is 0.472 e. The monoisotopic (exact) mass is 1360 g/mol. The molecule has 0 saturated carbocycles. The Morgan fingerprint density at radius 3 is 0.989 bits per heavy atom. The zero-order valence-electron chi connectivity index (χ0n) is 58.6. The van der Waals surface area contributed by atoms with E-state index in [1.54, 1.807) is 6.08 Å². The number of ether oxygens (including phenoxy) is 4. The molecule has 19 heteroatoms. The maximum absolute atomic E-state index is 13.0. The molecule has 0 aromatic rings. The summed E-state index contributed by atoms with van der Waals surface area (Å²) in [5, 5.41) is 10.6. The summed E-state index contributed by atoms with van der Waals surface area (Å²) in [6.07, 6.45) is 69.9. The minimum absolute atomic E-state index is 0.0643. The lowest BCUT2D eigenvalue weighted by Gasteiger charge is -2.21. The number of carbonyl (C=O) groups is 4. The van der Waals surface area contributed by atoms with Crippen LogP contribution in [-0.2, 0) is 65.4 Å². The van der Waals surface area contributed by atoms with Crippen molar-refractivity contribution in [3.8, 4) is 0 Å². The van der Waals surface area contributed by atoms with Crippen molar-refractivity contribution in [2.45, 2.75) is 303 Å². The van der Waals surface area contributed by atoms with Gasteiger partial charge in [0.15, 0.2) is 12.2 Å². The third-order valence-electron chi connectivity index (χ3n) is 14.8. The fourth-order valence-electron chi connectivity index (χ4n) is 9.29. The number of rotatable bonds is 67. The van der Waals surface area contributed by atoms with Gasteiger partial charge in [-0.05, 0) is 103 Å². The van der Waals surface area contributed by atoms with Crippen LogP contribution in [0.15, 0.2) is 109 Å². The smallest absolute Gasteiger partial charge is 0.462 e. The Kier molecular flexibility index (Phi) is 64.2. The lowest BCUT2D eigenvalue weighted by atomic mass is 10.1. The second kappa shape index (κ2) is 67.3. The van der Waals surface area contributed by atoms with Crippen molar-refractivity contribution in [2.75, 3.05) is 39.6 Å². The molecule has 17 nitrogen and oxygen atoms in total. The Labute approximate surface area is 569 Å². The molecule has 0 saturated heterocycles. The van der Waals surface area contributed by atoms with Gasteiger partial charge in [-0.2, -0.15) is 0 Å².